The molecule has 24 heavy (non-hydrogen) atoms. The van der Waals surface area contributed by atoms with E-state index >= 15 is 0 Å². The highest BCUT2D eigenvalue weighted by atomic mass is 35.5. The van der Waals surface area contributed by atoms with Gasteiger partial charge in [0.15, 0.2) is 5.13 Å². The van der Waals surface area contributed by atoms with Crippen LogP contribution in [-0.4, -0.2) is 42.0 Å². The van der Waals surface area contributed by atoms with Crippen LogP contribution in [0.25, 0.3) is 11.3 Å². The first-order chi connectivity index (χ1) is 11.3. The molecule has 0 N–H and O–H groups in total. The van der Waals surface area contributed by atoms with Gasteiger partial charge >= 0.3 is 0 Å². The number of hydrogen-bond donors (Lipinski definition) is 0. The Morgan fingerprint density at radius 2 is 1.92 bits per heavy atom. The molecule has 1 saturated heterocycles. The zero-order valence-electron chi connectivity index (χ0n) is 14.3. The number of nitrogens with zero attached hydrogens (tertiary/aromatic N) is 3. The molecule has 1 aliphatic rings. The molecule has 0 spiro atoms. The normalized spacial score (nSPS) is 15.7. The maximum absolute atomic E-state index is 12.4. The molecular formula is C18H22ClN3OS. The first kappa shape index (κ1) is 17.2. The first-order valence-corrected chi connectivity index (χ1v) is 9.36. The zero-order chi connectivity index (χ0) is 17.3. The quantitative estimate of drug-likeness (QED) is 0.803. The summed E-state index contributed by atoms with van der Waals surface area (Å²) in [6.45, 7) is 9.07. The summed E-state index contributed by atoms with van der Waals surface area (Å²) in [4.78, 5) is 21.3. The Bertz CT molecular complexity index is 730. The average molecular weight is 364 g/mol. The van der Waals surface area contributed by atoms with Crippen molar-refractivity contribution in [2.24, 2.45) is 5.41 Å². The Morgan fingerprint density at radius 1 is 1.21 bits per heavy atom. The molecule has 1 fully saturated rings. The standard InChI is InChI=1S/C18H22ClN3OS/c1-18(2,3)16(23)21-7-9-22(10-8-21)17-20-15(12-24-17)13-5-4-6-14(19)11-13/h4-6,11-12H,7-10H2,1-3H3. The smallest absolute Gasteiger partial charge is 0.228 e. The topological polar surface area (TPSA) is 36.4 Å². The summed E-state index contributed by atoms with van der Waals surface area (Å²) in [6, 6.07) is 7.75. The predicted octanol–water partition coefficient (Wildman–Crippen LogP) is 4.16. The van der Waals surface area contributed by atoms with Gasteiger partial charge in [-0.05, 0) is 12.1 Å². The second-order valence-corrected chi connectivity index (χ2v) is 8.33. The molecule has 3 rings (SSSR count). The number of carbonyl (C=O) groups excluding carboxylic acids is 1. The average Bonchev–Trinajstić information content (AvgIpc) is 3.03. The highest BCUT2D eigenvalue weighted by Crippen LogP contribution is 2.29. The van der Waals surface area contributed by atoms with Gasteiger partial charge in [0.1, 0.15) is 0 Å². The maximum atomic E-state index is 12.4. The second kappa shape index (κ2) is 6.73. The van der Waals surface area contributed by atoms with Crippen LogP contribution in [0.5, 0.6) is 0 Å². The van der Waals surface area contributed by atoms with E-state index in [-0.39, 0.29) is 11.3 Å². The number of hydrogen-bond acceptors (Lipinski definition) is 4. The van der Waals surface area contributed by atoms with Crippen molar-refractivity contribution in [3.63, 3.8) is 0 Å². The van der Waals surface area contributed by atoms with E-state index in [9.17, 15) is 4.79 Å². The molecule has 1 aromatic heterocycles. The van der Waals surface area contributed by atoms with Crippen molar-refractivity contribution in [3.05, 3.63) is 34.7 Å². The Balaban J connectivity index is 1.67. The lowest BCUT2D eigenvalue weighted by Crippen LogP contribution is -2.51. The Kier molecular flexibility index (Phi) is 4.83. The molecule has 0 aliphatic carbocycles. The van der Waals surface area contributed by atoms with E-state index in [2.05, 4.69) is 10.3 Å². The van der Waals surface area contributed by atoms with Gasteiger partial charge in [-0.1, -0.05) is 44.5 Å². The number of amides is 1. The minimum Gasteiger partial charge on any atom is -0.345 e. The van der Waals surface area contributed by atoms with Crippen molar-refractivity contribution in [2.75, 3.05) is 31.1 Å². The number of benzene rings is 1. The number of carbonyl (C=O) groups is 1. The summed E-state index contributed by atoms with van der Waals surface area (Å²) >= 11 is 7.70. The number of halogens is 1. The van der Waals surface area contributed by atoms with Crippen LogP contribution in [-0.2, 0) is 4.79 Å². The van der Waals surface area contributed by atoms with Gasteiger partial charge < -0.3 is 9.80 Å². The van der Waals surface area contributed by atoms with Crippen molar-refractivity contribution in [2.45, 2.75) is 20.8 Å². The second-order valence-electron chi connectivity index (χ2n) is 7.05. The minimum atomic E-state index is -0.316. The fraction of sp³-hybridized carbons (Fsp3) is 0.444. The van der Waals surface area contributed by atoms with Crippen LogP contribution in [0, 0.1) is 5.41 Å². The molecule has 0 saturated carbocycles. The van der Waals surface area contributed by atoms with Gasteiger partial charge in [0.2, 0.25) is 5.91 Å². The summed E-state index contributed by atoms with van der Waals surface area (Å²) in [5.74, 6) is 0.223. The zero-order valence-corrected chi connectivity index (χ0v) is 15.8. The van der Waals surface area contributed by atoms with Gasteiger partial charge in [0.25, 0.3) is 0 Å². The molecule has 0 unspecified atom stereocenters. The number of aromatic nitrogens is 1. The lowest BCUT2D eigenvalue weighted by Gasteiger charge is -2.37. The molecule has 0 bridgehead atoms. The van der Waals surface area contributed by atoms with Crippen LogP contribution in [0.15, 0.2) is 29.6 Å². The van der Waals surface area contributed by atoms with Gasteiger partial charge in [0, 0.05) is 47.6 Å². The number of rotatable bonds is 2. The predicted molar refractivity (Wildman–Crippen MR) is 101 cm³/mol. The Morgan fingerprint density at radius 3 is 2.54 bits per heavy atom. The van der Waals surface area contributed by atoms with Crippen molar-refractivity contribution < 1.29 is 4.79 Å². The van der Waals surface area contributed by atoms with Crippen molar-refractivity contribution in [3.8, 4) is 11.3 Å². The van der Waals surface area contributed by atoms with Crippen molar-refractivity contribution in [1.29, 1.82) is 0 Å². The summed E-state index contributed by atoms with van der Waals surface area (Å²) < 4.78 is 0. The SMILES string of the molecule is CC(C)(C)C(=O)N1CCN(c2nc(-c3cccc(Cl)c3)cs2)CC1. The number of piperazine rings is 1. The summed E-state index contributed by atoms with van der Waals surface area (Å²) in [5, 5.41) is 3.79. The molecule has 4 nitrogen and oxygen atoms in total. The fourth-order valence-electron chi connectivity index (χ4n) is 2.77. The van der Waals surface area contributed by atoms with Crippen LogP contribution >= 0.6 is 22.9 Å². The van der Waals surface area contributed by atoms with E-state index < -0.39 is 0 Å². The van der Waals surface area contributed by atoms with Crippen molar-refractivity contribution in [1.82, 2.24) is 9.88 Å². The van der Waals surface area contributed by atoms with E-state index in [0.29, 0.717) is 0 Å². The summed E-state index contributed by atoms with van der Waals surface area (Å²) in [6.07, 6.45) is 0. The van der Waals surface area contributed by atoms with E-state index in [1.165, 1.54) is 0 Å². The lowest BCUT2D eigenvalue weighted by molar-refractivity contribution is -0.139. The Labute approximate surface area is 152 Å². The summed E-state index contributed by atoms with van der Waals surface area (Å²) in [5.41, 5.74) is 1.67. The molecule has 1 amide bonds. The van der Waals surface area contributed by atoms with Crippen LogP contribution < -0.4 is 4.90 Å². The van der Waals surface area contributed by atoms with Gasteiger partial charge in [-0.2, -0.15) is 0 Å². The van der Waals surface area contributed by atoms with Crippen molar-refractivity contribution >= 4 is 34.0 Å². The lowest BCUT2D eigenvalue weighted by atomic mass is 9.94. The third kappa shape index (κ3) is 3.73. The van der Waals surface area contributed by atoms with E-state index in [0.717, 1.165) is 47.6 Å². The monoisotopic (exact) mass is 363 g/mol. The van der Waals surface area contributed by atoms with Crippen LogP contribution in [0.4, 0.5) is 5.13 Å². The Hall–Kier alpha value is -1.59. The number of anilines is 1. The largest absolute Gasteiger partial charge is 0.345 e. The number of thiazole rings is 1. The summed E-state index contributed by atoms with van der Waals surface area (Å²) in [7, 11) is 0. The van der Waals surface area contributed by atoms with Gasteiger partial charge in [-0.3, -0.25) is 4.79 Å². The maximum Gasteiger partial charge on any atom is 0.228 e. The van der Waals surface area contributed by atoms with Crippen LogP contribution in [0.1, 0.15) is 20.8 Å². The molecule has 2 heterocycles. The van der Waals surface area contributed by atoms with E-state index in [1.54, 1.807) is 11.3 Å². The molecule has 1 aromatic carbocycles. The highest BCUT2D eigenvalue weighted by Gasteiger charge is 2.30. The molecule has 2 aromatic rings. The molecule has 0 radical (unpaired) electrons. The minimum absolute atomic E-state index is 0.223. The molecule has 6 heteroatoms. The third-order valence-electron chi connectivity index (χ3n) is 4.09. The van der Waals surface area contributed by atoms with E-state index in [4.69, 9.17) is 16.6 Å². The molecule has 1 aliphatic heterocycles. The van der Waals surface area contributed by atoms with Crippen LogP contribution in [0.2, 0.25) is 5.02 Å². The van der Waals surface area contributed by atoms with Gasteiger partial charge in [-0.25, -0.2) is 4.98 Å². The molecule has 128 valence electrons. The van der Waals surface area contributed by atoms with Crippen LogP contribution in [0.3, 0.4) is 0 Å². The first-order valence-electron chi connectivity index (χ1n) is 8.10. The highest BCUT2D eigenvalue weighted by molar-refractivity contribution is 7.14. The third-order valence-corrected chi connectivity index (χ3v) is 5.23. The van der Waals surface area contributed by atoms with Gasteiger partial charge in [0.05, 0.1) is 5.69 Å². The fourth-order valence-corrected chi connectivity index (χ4v) is 3.84. The molecular weight excluding hydrogens is 342 g/mol. The van der Waals surface area contributed by atoms with Gasteiger partial charge in [-0.15, -0.1) is 11.3 Å². The molecule has 0 atom stereocenters. The van der Waals surface area contributed by atoms with E-state index in [1.807, 2.05) is 49.9 Å².